The number of benzene rings is 3. The van der Waals surface area contributed by atoms with Crippen molar-refractivity contribution >= 4 is 34.6 Å². The van der Waals surface area contributed by atoms with Gasteiger partial charge in [0.05, 0.1) is 4.92 Å². The summed E-state index contributed by atoms with van der Waals surface area (Å²) >= 11 is 5.26. The Balaban J connectivity index is 1.47. The highest BCUT2D eigenvalue weighted by Crippen LogP contribution is 2.37. The lowest BCUT2D eigenvalue weighted by atomic mass is 10.1. The van der Waals surface area contributed by atoms with Crippen LogP contribution in [0.5, 0.6) is 0 Å². The van der Waals surface area contributed by atoms with Gasteiger partial charge in [-0.05, 0) is 66.0 Å². The molecule has 0 fully saturated rings. The first-order valence-electron chi connectivity index (χ1n) is 9.01. The first kappa shape index (κ1) is 18.8. The SMILES string of the molecule is Cc1c(C(=O)NC(=S)Nc2ccc3c(c2)Cc2ccccc2-3)cccc1[N+](=O)[O-]. The van der Waals surface area contributed by atoms with Crippen LogP contribution in [0, 0.1) is 17.0 Å². The Morgan fingerprint density at radius 1 is 1.03 bits per heavy atom. The average Bonchev–Trinajstić information content (AvgIpc) is 3.05. The maximum absolute atomic E-state index is 12.5. The van der Waals surface area contributed by atoms with Gasteiger partial charge in [-0.2, -0.15) is 0 Å². The average molecular weight is 403 g/mol. The largest absolute Gasteiger partial charge is 0.332 e. The molecule has 29 heavy (non-hydrogen) atoms. The fraction of sp³-hybridized carbons (Fsp3) is 0.0909. The molecule has 0 saturated carbocycles. The molecule has 144 valence electrons. The van der Waals surface area contributed by atoms with Crippen molar-refractivity contribution in [2.45, 2.75) is 13.3 Å². The normalized spacial score (nSPS) is 11.3. The number of nitrogens with one attached hydrogen (secondary N) is 2. The Hall–Kier alpha value is -3.58. The summed E-state index contributed by atoms with van der Waals surface area (Å²) in [5.74, 6) is -0.489. The van der Waals surface area contributed by atoms with Gasteiger partial charge < -0.3 is 5.32 Å². The molecule has 7 heteroatoms. The fourth-order valence-corrected chi connectivity index (χ4v) is 3.83. The quantitative estimate of drug-likeness (QED) is 0.297. The molecule has 0 saturated heterocycles. The number of amides is 1. The van der Waals surface area contributed by atoms with Gasteiger partial charge in [0.1, 0.15) is 0 Å². The van der Waals surface area contributed by atoms with E-state index in [0.717, 1.165) is 12.1 Å². The molecule has 3 aromatic carbocycles. The lowest BCUT2D eigenvalue weighted by Gasteiger charge is -2.12. The molecule has 0 aliphatic heterocycles. The second-order valence-corrected chi connectivity index (χ2v) is 7.23. The smallest absolute Gasteiger partial charge is 0.273 e. The Bertz CT molecular complexity index is 1170. The summed E-state index contributed by atoms with van der Waals surface area (Å²) in [6, 6.07) is 18.6. The van der Waals surface area contributed by atoms with Crippen molar-refractivity contribution in [1.29, 1.82) is 0 Å². The molecule has 1 amide bonds. The molecule has 0 bridgehead atoms. The first-order chi connectivity index (χ1) is 13.9. The Labute approximate surface area is 172 Å². The second-order valence-electron chi connectivity index (χ2n) is 6.82. The third-order valence-electron chi connectivity index (χ3n) is 5.03. The topological polar surface area (TPSA) is 84.3 Å². The van der Waals surface area contributed by atoms with Crippen LogP contribution in [0.1, 0.15) is 27.0 Å². The molecule has 2 N–H and O–H groups in total. The number of nitro benzene ring substituents is 1. The summed E-state index contributed by atoms with van der Waals surface area (Å²) in [6.45, 7) is 1.54. The lowest BCUT2D eigenvalue weighted by Crippen LogP contribution is -2.34. The van der Waals surface area contributed by atoms with Gasteiger partial charge in [-0.1, -0.05) is 36.4 Å². The van der Waals surface area contributed by atoms with Crippen molar-refractivity contribution in [2.75, 3.05) is 5.32 Å². The van der Waals surface area contributed by atoms with Gasteiger partial charge in [0, 0.05) is 22.9 Å². The van der Waals surface area contributed by atoms with Crippen LogP contribution in [0.25, 0.3) is 11.1 Å². The standard InChI is InChI=1S/C22H17N3O3S/c1-13-17(7-4-8-20(13)25(27)28)21(26)24-22(29)23-16-9-10-19-15(12-16)11-14-5-2-3-6-18(14)19/h2-10,12H,11H2,1H3,(H2,23,24,26,29). The van der Waals surface area contributed by atoms with E-state index in [9.17, 15) is 14.9 Å². The number of carbonyl (C=O) groups excluding carboxylic acids is 1. The predicted octanol–water partition coefficient (Wildman–Crippen LogP) is 4.60. The zero-order valence-electron chi connectivity index (χ0n) is 15.6. The van der Waals surface area contributed by atoms with Gasteiger partial charge >= 0.3 is 0 Å². The molecule has 1 aliphatic carbocycles. The van der Waals surface area contributed by atoms with E-state index in [2.05, 4.69) is 22.8 Å². The van der Waals surface area contributed by atoms with Crippen molar-refractivity contribution in [3.05, 3.63) is 93.0 Å². The highest BCUT2D eigenvalue weighted by atomic mass is 32.1. The van der Waals surface area contributed by atoms with Gasteiger partial charge in [-0.3, -0.25) is 20.2 Å². The van der Waals surface area contributed by atoms with Crippen LogP contribution in [0.4, 0.5) is 11.4 Å². The monoisotopic (exact) mass is 403 g/mol. The van der Waals surface area contributed by atoms with Crippen LogP contribution in [-0.2, 0) is 6.42 Å². The molecule has 3 aromatic rings. The Morgan fingerprint density at radius 3 is 2.59 bits per heavy atom. The van der Waals surface area contributed by atoms with Crippen LogP contribution in [0.15, 0.2) is 60.7 Å². The van der Waals surface area contributed by atoms with E-state index in [-0.39, 0.29) is 16.4 Å². The van der Waals surface area contributed by atoms with Crippen LogP contribution in [0.3, 0.4) is 0 Å². The molecule has 0 spiro atoms. The number of hydrogen-bond acceptors (Lipinski definition) is 4. The van der Waals surface area contributed by atoms with Crippen LogP contribution >= 0.6 is 12.2 Å². The summed E-state index contributed by atoms with van der Waals surface area (Å²) in [5, 5.41) is 16.8. The molecule has 0 heterocycles. The van der Waals surface area contributed by atoms with Gasteiger partial charge in [0.25, 0.3) is 11.6 Å². The molecule has 0 aromatic heterocycles. The zero-order chi connectivity index (χ0) is 20.5. The number of carbonyl (C=O) groups is 1. The number of nitro groups is 1. The first-order valence-corrected chi connectivity index (χ1v) is 9.42. The van der Waals surface area contributed by atoms with Crippen molar-refractivity contribution in [3.8, 4) is 11.1 Å². The van der Waals surface area contributed by atoms with E-state index in [1.807, 2.05) is 30.3 Å². The van der Waals surface area contributed by atoms with E-state index in [4.69, 9.17) is 12.2 Å². The number of thiocarbonyl (C=S) groups is 1. The number of nitrogens with zero attached hydrogens (tertiary/aromatic N) is 1. The molecule has 0 radical (unpaired) electrons. The number of rotatable bonds is 3. The van der Waals surface area contributed by atoms with E-state index >= 15 is 0 Å². The molecule has 6 nitrogen and oxygen atoms in total. The summed E-state index contributed by atoms with van der Waals surface area (Å²) in [6.07, 6.45) is 0.854. The zero-order valence-corrected chi connectivity index (χ0v) is 16.4. The summed E-state index contributed by atoms with van der Waals surface area (Å²) < 4.78 is 0. The maximum Gasteiger partial charge on any atom is 0.273 e. The van der Waals surface area contributed by atoms with Gasteiger partial charge in [0.2, 0.25) is 0 Å². The van der Waals surface area contributed by atoms with Gasteiger partial charge in [-0.15, -0.1) is 0 Å². The number of hydrogen-bond donors (Lipinski definition) is 2. The van der Waals surface area contributed by atoms with Gasteiger partial charge in [0.15, 0.2) is 5.11 Å². The van der Waals surface area contributed by atoms with Crippen molar-refractivity contribution in [1.82, 2.24) is 5.32 Å². The minimum atomic E-state index is -0.509. The highest BCUT2D eigenvalue weighted by Gasteiger charge is 2.20. The van der Waals surface area contributed by atoms with E-state index in [1.54, 1.807) is 6.92 Å². The lowest BCUT2D eigenvalue weighted by molar-refractivity contribution is -0.385. The Morgan fingerprint density at radius 2 is 1.79 bits per heavy atom. The van der Waals surface area contributed by atoms with E-state index < -0.39 is 10.8 Å². The summed E-state index contributed by atoms with van der Waals surface area (Å²) in [7, 11) is 0. The van der Waals surface area contributed by atoms with Gasteiger partial charge in [-0.25, -0.2) is 0 Å². The summed E-state index contributed by atoms with van der Waals surface area (Å²) in [4.78, 5) is 23.1. The van der Waals surface area contributed by atoms with Crippen molar-refractivity contribution in [3.63, 3.8) is 0 Å². The third-order valence-corrected chi connectivity index (χ3v) is 5.23. The van der Waals surface area contributed by atoms with Crippen LogP contribution in [-0.4, -0.2) is 15.9 Å². The predicted molar refractivity (Wildman–Crippen MR) is 116 cm³/mol. The number of anilines is 1. The van der Waals surface area contributed by atoms with E-state index in [0.29, 0.717) is 5.56 Å². The van der Waals surface area contributed by atoms with Crippen LogP contribution < -0.4 is 10.6 Å². The second kappa shape index (κ2) is 7.44. The molecule has 4 rings (SSSR count). The highest BCUT2D eigenvalue weighted by molar-refractivity contribution is 7.80. The number of fused-ring (bicyclic) bond motifs is 3. The maximum atomic E-state index is 12.5. The molecule has 0 unspecified atom stereocenters. The minimum absolute atomic E-state index is 0.102. The Kier molecular flexibility index (Phi) is 4.82. The molecule has 0 atom stereocenters. The molecular weight excluding hydrogens is 386 g/mol. The molecule has 1 aliphatic rings. The van der Waals surface area contributed by atoms with E-state index in [1.165, 1.54) is 40.5 Å². The fourth-order valence-electron chi connectivity index (χ4n) is 3.62. The summed E-state index contributed by atoms with van der Waals surface area (Å²) in [5.41, 5.74) is 6.11. The molecular formula is C22H17N3O3S. The van der Waals surface area contributed by atoms with Crippen LogP contribution in [0.2, 0.25) is 0 Å². The van der Waals surface area contributed by atoms with Crippen molar-refractivity contribution < 1.29 is 9.72 Å². The minimum Gasteiger partial charge on any atom is -0.332 e. The third kappa shape index (κ3) is 3.60. The van der Waals surface area contributed by atoms with Crippen molar-refractivity contribution in [2.24, 2.45) is 0 Å².